The van der Waals surface area contributed by atoms with Crippen molar-refractivity contribution < 1.29 is 9.18 Å². The third kappa shape index (κ3) is 2.99. The van der Waals surface area contributed by atoms with E-state index >= 15 is 0 Å². The number of hydrogen-bond acceptors (Lipinski definition) is 2. The minimum absolute atomic E-state index is 0.00530. The smallest absolute Gasteiger partial charge is 0.254 e. The Morgan fingerprint density at radius 3 is 2.90 bits per heavy atom. The molecule has 6 heteroatoms. The first-order chi connectivity index (χ1) is 9.52. The number of hydrogen-bond donors (Lipinski definition) is 0. The number of aryl methyl sites for hydroxylation is 1. The SMILES string of the molecule is CCn1ccnc1CN(C)C(=O)c1ccc(Cl)c(F)c1. The van der Waals surface area contributed by atoms with E-state index < -0.39 is 5.82 Å². The quantitative estimate of drug-likeness (QED) is 0.870. The predicted octanol–water partition coefficient (Wildman–Crippen LogP) is 2.97. The molecule has 20 heavy (non-hydrogen) atoms. The van der Waals surface area contributed by atoms with Gasteiger partial charge in [-0.1, -0.05) is 11.6 Å². The Morgan fingerprint density at radius 2 is 2.25 bits per heavy atom. The normalized spacial score (nSPS) is 10.6. The fourth-order valence-corrected chi connectivity index (χ4v) is 2.03. The summed E-state index contributed by atoms with van der Waals surface area (Å²) in [5.41, 5.74) is 0.268. The zero-order chi connectivity index (χ0) is 14.7. The molecule has 2 aromatic rings. The molecule has 0 N–H and O–H groups in total. The van der Waals surface area contributed by atoms with Crippen LogP contribution in [0.2, 0.25) is 5.02 Å². The lowest BCUT2D eigenvalue weighted by Gasteiger charge is -2.17. The molecule has 0 bridgehead atoms. The lowest BCUT2D eigenvalue weighted by Crippen LogP contribution is -2.27. The van der Waals surface area contributed by atoms with Crippen LogP contribution in [0.15, 0.2) is 30.6 Å². The Bertz CT molecular complexity index is 627. The highest BCUT2D eigenvalue weighted by atomic mass is 35.5. The number of rotatable bonds is 4. The van der Waals surface area contributed by atoms with Crippen molar-refractivity contribution in [2.75, 3.05) is 7.05 Å². The van der Waals surface area contributed by atoms with E-state index in [0.717, 1.165) is 18.4 Å². The third-order valence-corrected chi connectivity index (χ3v) is 3.34. The summed E-state index contributed by atoms with van der Waals surface area (Å²) in [5.74, 6) is -0.0787. The van der Waals surface area contributed by atoms with Crippen molar-refractivity contribution in [3.05, 3.63) is 52.8 Å². The second kappa shape index (κ2) is 6.05. The Hall–Kier alpha value is -1.88. The minimum atomic E-state index is -0.596. The molecule has 106 valence electrons. The number of amides is 1. The topological polar surface area (TPSA) is 38.1 Å². The molecule has 0 aliphatic heterocycles. The molecular formula is C14H15ClFN3O. The molecule has 0 saturated heterocycles. The van der Waals surface area contributed by atoms with Crippen LogP contribution in [0.3, 0.4) is 0 Å². The molecular weight excluding hydrogens is 281 g/mol. The van der Waals surface area contributed by atoms with Gasteiger partial charge in [0.05, 0.1) is 11.6 Å². The highest BCUT2D eigenvalue weighted by molar-refractivity contribution is 6.30. The monoisotopic (exact) mass is 295 g/mol. The molecule has 1 heterocycles. The van der Waals surface area contributed by atoms with Gasteiger partial charge in [0.2, 0.25) is 0 Å². The van der Waals surface area contributed by atoms with Gasteiger partial charge in [0, 0.05) is 31.5 Å². The maximum Gasteiger partial charge on any atom is 0.254 e. The van der Waals surface area contributed by atoms with Crippen LogP contribution in [0, 0.1) is 5.82 Å². The molecule has 0 saturated carbocycles. The van der Waals surface area contributed by atoms with Crippen LogP contribution in [-0.4, -0.2) is 27.4 Å². The molecule has 0 aliphatic rings. The summed E-state index contributed by atoms with van der Waals surface area (Å²) in [7, 11) is 1.66. The van der Waals surface area contributed by atoms with Gasteiger partial charge in [-0.15, -0.1) is 0 Å². The molecule has 1 aromatic heterocycles. The number of aromatic nitrogens is 2. The number of carbonyl (C=O) groups excluding carboxylic acids is 1. The first-order valence-electron chi connectivity index (χ1n) is 6.23. The van der Waals surface area contributed by atoms with E-state index in [-0.39, 0.29) is 16.5 Å². The van der Waals surface area contributed by atoms with Gasteiger partial charge in [-0.05, 0) is 25.1 Å². The lowest BCUT2D eigenvalue weighted by atomic mass is 10.2. The van der Waals surface area contributed by atoms with E-state index in [1.54, 1.807) is 13.2 Å². The van der Waals surface area contributed by atoms with Gasteiger partial charge in [-0.3, -0.25) is 4.79 Å². The average Bonchev–Trinajstić information content (AvgIpc) is 2.88. The number of halogens is 2. The van der Waals surface area contributed by atoms with Crippen molar-refractivity contribution in [2.45, 2.75) is 20.0 Å². The third-order valence-electron chi connectivity index (χ3n) is 3.03. The predicted molar refractivity (Wildman–Crippen MR) is 75.1 cm³/mol. The van der Waals surface area contributed by atoms with Gasteiger partial charge in [0.1, 0.15) is 11.6 Å². The summed E-state index contributed by atoms with van der Waals surface area (Å²) in [6.45, 7) is 3.15. The lowest BCUT2D eigenvalue weighted by molar-refractivity contribution is 0.0779. The van der Waals surface area contributed by atoms with Crippen molar-refractivity contribution in [3.63, 3.8) is 0 Å². The van der Waals surface area contributed by atoms with Crippen LogP contribution < -0.4 is 0 Å². The number of nitrogens with zero attached hydrogens (tertiary/aromatic N) is 3. The van der Waals surface area contributed by atoms with Gasteiger partial charge in [0.25, 0.3) is 5.91 Å². The minimum Gasteiger partial charge on any atom is -0.334 e. The van der Waals surface area contributed by atoms with E-state index in [1.807, 2.05) is 17.7 Å². The number of benzene rings is 1. The first kappa shape index (κ1) is 14.5. The molecule has 0 aliphatic carbocycles. The summed E-state index contributed by atoms with van der Waals surface area (Å²) in [5, 5.41) is 0.00530. The van der Waals surface area contributed by atoms with Crippen LogP contribution in [0.4, 0.5) is 4.39 Å². The Morgan fingerprint density at radius 1 is 1.50 bits per heavy atom. The molecule has 0 radical (unpaired) electrons. The fraction of sp³-hybridized carbons (Fsp3) is 0.286. The average molecular weight is 296 g/mol. The van der Waals surface area contributed by atoms with Crippen LogP contribution in [0.5, 0.6) is 0 Å². The molecule has 0 atom stereocenters. The summed E-state index contributed by atoms with van der Waals surface area (Å²) >= 11 is 5.61. The first-order valence-corrected chi connectivity index (χ1v) is 6.61. The van der Waals surface area contributed by atoms with Crippen molar-refractivity contribution in [1.82, 2.24) is 14.5 Å². The summed E-state index contributed by atoms with van der Waals surface area (Å²) < 4.78 is 15.3. The highest BCUT2D eigenvalue weighted by Crippen LogP contribution is 2.17. The van der Waals surface area contributed by atoms with Crippen LogP contribution in [0.1, 0.15) is 23.1 Å². The molecule has 4 nitrogen and oxygen atoms in total. The largest absolute Gasteiger partial charge is 0.334 e. The molecule has 0 fully saturated rings. The van der Waals surface area contributed by atoms with Gasteiger partial charge < -0.3 is 9.47 Å². The molecule has 0 spiro atoms. The zero-order valence-corrected chi connectivity index (χ0v) is 12.1. The molecule has 1 aromatic carbocycles. The molecule has 2 rings (SSSR count). The van der Waals surface area contributed by atoms with Crippen LogP contribution in [0.25, 0.3) is 0 Å². The Balaban J connectivity index is 2.14. The fourth-order valence-electron chi connectivity index (χ4n) is 1.91. The van der Waals surface area contributed by atoms with Crippen molar-refractivity contribution in [3.8, 4) is 0 Å². The summed E-state index contributed by atoms with van der Waals surface area (Å²) in [6.07, 6.45) is 3.55. The Kier molecular flexibility index (Phi) is 4.39. The second-order valence-electron chi connectivity index (χ2n) is 4.42. The summed E-state index contributed by atoms with van der Waals surface area (Å²) in [4.78, 5) is 17.9. The van der Waals surface area contributed by atoms with E-state index in [0.29, 0.717) is 6.54 Å². The van der Waals surface area contributed by atoms with Gasteiger partial charge in [-0.25, -0.2) is 9.37 Å². The van der Waals surface area contributed by atoms with E-state index in [4.69, 9.17) is 11.6 Å². The number of imidazole rings is 1. The second-order valence-corrected chi connectivity index (χ2v) is 4.83. The number of carbonyl (C=O) groups is 1. The van der Waals surface area contributed by atoms with Crippen molar-refractivity contribution in [2.24, 2.45) is 0 Å². The van der Waals surface area contributed by atoms with Crippen molar-refractivity contribution in [1.29, 1.82) is 0 Å². The zero-order valence-electron chi connectivity index (χ0n) is 11.3. The van der Waals surface area contributed by atoms with Crippen molar-refractivity contribution >= 4 is 17.5 Å². The maximum atomic E-state index is 13.4. The molecule has 0 unspecified atom stereocenters. The van der Waals surface area contributed by atoms with E-state index in [1.165, 1.54) is 17.0 Å². The Labute approximate surface area is 121 Å². The van der Waals surface area contributed by atoms with Gasteiger partial charge in [-0.2, -0.15) is 0 Å². The highest BCUT2D eigenvalue weighted by Gasteiger charge is 2.15. The van der Waals surface area contributed by atoms with Gasteiger partial charge in [0.15, 0.2) is 0 Å². The standard InChI is InChI=1S/C14H15ClFN3O/c1-3-19-7-6-17-13(19)9-18(2)14(20)10-4-5-11(15)12(16)8-10/h4-8H,3,9H2,1-2H3. The van der Waals surface area contributed by atoms with E-state index in [2.05, 4.69) is 4.98 Å². The summed E-state index contributed by atoms with van der Waals surface area (Å²) in [6, 6.07) is 4.04. The van der Waals surface area contributed by atoms with E-state index in [9.17, 15) is 9.18 Å². The van der Waals surface area contributed by atoms with Gasteiger partial charge >= 0.3 is 0 Å². The molecule has 1 amide bonds. The van der Waals surface area contributed by atoms with Crippen LogP contribution >= 0.6 is 11.6 Å². The van der Waals surface area contributed by atoms with Crippen LogP contribution in [-0.2, 0) is 13.1 Å². The maximum absolute atomic E-state index is 13.4.